The molecule has 0 radical (unpaired) electrons. The maximum absolute atomic E-state index is 14.5. The van der Waals surface area contributed by atoms with Crippen LogP contribution in [0.25, 0.3) is 0 Å². The molecule has 0 bridgehead atoms. The molecule has 24 heavy (non-hydrogen) atoms. The molecule has 1 saturated heterocycles. The molecule has 1 aliphatic rings. The summed E-state index contributed by atoms with van der Waals surface area (Å²) in [6.07, 6.45) is 1.18. The van der Waals surface area contributed by atoms with Gasteiger partial charge in [-0.2, -0.15) is 0 Å². The van der Waals surface area contributed by atoms with Crippen molar-refractivity contribution < 1.29 is 23.4 Å². The molecule has 0 unspecified atom stereocenters. The van der Waals surface area contributed by atoms with E-state index < -0.39 is 17.5 Å². The van der Waals surface area contributed by atoms with Crippen molar-refractivity contribution in [2.24, 2.45) is 0 Å². The molecule has 1 aromatic carbocycles. The quantitative estimate of drug-likeness (QED) is 0.613. The number of alkyl carbamates (subject to hydrolysis) is 1. The highest BCUT2D eigenvalue weighted by atomic mass is 19.1. The maximum Gasteiger partial charge on any atom is 0.407 e. The van der Waals surface area contributed by atoms with Gasteiger partial charge >= 0.3 is 6.09 Å². The summed E-state index contributed by atoms with van der Waals surface area (Å²) >= 11 is 0. The van der Waals surface area contributed by atoms with Gasteiger partial charge in [-0.25, -0.2) is 9.18 Å². The number of carbonyl (C=O) groups excluding carboxylic acids is 1. The van der Waals surface area contributed by atoms with Crippen molar-refractivity contribution in [2.45, 2.75) is 44.9 Å². The molecule has 2 rings (SSSR count). The number of carbonyl (C=O) groups is 1. The summed E-state index contributed by atoms with van der Waals surface area (Å²) in [7, 11) is 0. The van der Waals surface area contributed by atoms with Gasteiger partial charge in [0.05, 0.1) is 12.6 Å². The molecule has 6 heteroatoms. The van der Waals surface area contributed by atoms with Crippen LogP contribution < -0.4 is 10.1 Å². The van der Waals surface area contributed by atoms with Gasteiger partial charge in [0.1, 0.15) is 18.3 Å². The number of ether oxygens (including phenoxy) is 3. The Balaban J connectivity index is 2.05. The van der Waals surface area contributed by atoms with Gasteiger partial charge in [-0.15, -0.1) is 0 Å². The van der Waals surface area contributed by atoms with Crippen LogP contribution in [0.2, 0.25) is 0 Å². The standard InChI is InChI=1S/C18H24FNO4/c1-5-9-22-14-8-6-7-12(16(14)19)10-13(15-11-23-15)20-17(21)24-18(2,3)4/h5-8,13,15H,1,9-11H2,2-4H3,(H,20,21)/t13-,15+/m0/s1. The lowest BCUT2D eigenvalue weighted by Crippen LogP contribution is -2.43. The fourth-order valence-corrected chi connectivity index (χ4v) is 2.23. The molecule has 1 amide bonds. The van der Waals surface area contributed by atoms with Crippen molar-refractivity contribution in [1.29, 1.82) is 0 Å². The highest BCUT2D eigenvalue weighted by Gasteiger charge is 2.35. The van der Waals surface area contributed by atoms with Crippen LogP contribution in [0.15, 0.2) is 30.9 Å². The molecule has 1 N–H and O–H groups in total. The van der Waals surface area contributed by atoms with E-state index in [4.69, 9.17) is 14.2 Å². The molecule has 1 heterocycles. The highest BCUT2D eigenvalue weighted by molar-refractivity contribution is 5.68. The van der Waals surface area contributed by atoms with Gasteiger partial charge in [-0.1, -0.05) is 24.8 Å². The lowest BCUT2D eigenvalue weighted by atomic mass is 10.0. The molecule has 2 atom stereocenters. The fourth-order valence-electron chi connectivity index (χ4n) is 2.23. The van der Waals surface area contributed by atoms with E-state index in [-0.39, 0.29) is 24.5 Å². The Morgan fingerprint density at radius 1 is 1.54 bits per heavy atom. The van der Waals surface area contributed by atoms with Crippen molar-refractivity contribution in [3.63, 3.8) is 0 Å². The molecule has 5 nitrogen and oxygen atoms in total. The second-order valence-electron chi connectivity index (χ2n) is 6.66. The zero-order valence-corrected chi connectivity index (χ0v) is 14.3. The first kappa shape index (κ1) is 18.3. The SMILES string of the molecule is C=CCOc1cccc(C[C@H](NC(=O)OC(C)(C)C)[C@H]2CO2)c1F. The van der Waals surface area contributed by atoms with Crippen LogP contribution in [0.4, 0.5) is 9.18 Å². The molecule has 1 aromatic rings. The Hall–Kier alpha value is -2.08. The Morgan fingerprint density at radius 3 is 2.83 bits per heavy atom. The van der Waals surface area contributed by atoms with E-state index in [1.165, 1.54) is 0 Å². The fraction of sp³-hybridized carbons (Fsp3) is 0.500. The lowest BCUT2D eigenvalue weighted by Gasteiger charge is -2.23. The third kappa shape index (κ3) is 5.53. The van der Waals surface area contributed by atoms with Gasteiger partial charge in [0.2, 0.25) is 0 Å². The average molecular weight is 337 g/mol. The number of hydrogen-bond donors (Lipinski definition) is 1. The molecular formula is C18H24FNO4. The number of amides is 1. The van der Waals surface area contributed by atoms with E-state index in [1.807, 2.05) is 0 Å². The van der Waals surface area contributed by atoms with Gasteiger partial charge in [-0.05, 0) is 38.8 Å². The molecule has 0 spiro atoms. The third-order valence-electron chi connectivity index (χ3n) is 3.35. The predicted octanol–water partition coefficient (Wildman–Crippen LogP) is 3.23. The van der Waals surface area contributed by atoms with Crippen LogP contribution in [-0.2, 0) is 15.9 Å². The summed E-state index contributed by atoms with van der Waals surface area (Å²) in [6, 6.07) is 4.59. The van der Waals surface area contributed by atoms with E-state index in [0.29, 0.717) is 18.6 Å². The maximum atomic E-state index is 14.5. The second-order valence-corrected chi connectivity index (χ2v) is 6.66. The first-order valence-electron chi connectivity index (χ1n) is 7.92. The number of hydrogen-bond acceptors (Lipinski definition) is 4. The van der Waals surface area contributed by atoms with Crippen molar-refractivity contribution in [3.8, 4) is 5.75 Å². The van der Waals surface area contributed by atoms with Gasteiger partial charge in [-0.3, -0.25) is 0 Å². The molecule has 1 aliphatic heterocycles. The monoisotopic (exact) mass is 337 g/mol. The van der Waals surface area contributed by atoms with Crippen LogP contribution in [0.1, 0.15) is 26.3 Å². The van der Waals surface area contributed by atoms with Crippen LogP contribution in [0.5, 0.6) is 5.75 Å². The molecular weight excluding hydrogens is 313 g/mol. The van der Waals surface area contributed by atoms with Gasteiger partial charge < -0.3 is 19.5 Å². The molecule has 1 fully saturated rings. The Kier molecular flexibility index (Phi) is 5.83. The number of epoxide rings is 1. The minimum atomic E-state index is -0.595. The minimum absolute atomic E-state index is 0.130. The number of benzene rings is 1. The zero-order chi connectivity index (χ0) is 17.7. The first-order valence-corrected chi connectivity index (χ1v) is 7.92. The number of halogens is 1. The van der Waals surface area contributed by atoms with Gasteiger partial charge in [0, 0.05) is 0 Å². The first-order chi connectivity index (χ1) is 11.3. The largest absolute Gasteiger partial charge is 0.486 e. The summed E-state index contributed by atoms with van der Waals surface area (Å²) in [5.41, 5.74) is -0.143. The zero-order valence-electron chi connectivity index (χ0n) is 14.3. The van der Waals surface area contributed by atoms with Crippen LogP contribution in [0.3, 0.4) is 0 Å². The van der Waals surface area contributed by atoms with E-state index in [2.05, 4.69) is 11.9 Å². The van der Waals surface area contributed by atoms with E-state index in [0.717, 1.165) is 0 Å². The van der Waals surface area contributed by atoms with Gasteiger partial charge in [0.15, 0.2) is 11.6 Å². The topological polar surface area (TPSA) is 60.1 Å². The van der Waals surface area contributed by atoms with Crippen molar-refractivity contribution in [3.05, 3.63) is 42.2 Å². The van der Waals surface area contributed by atoms with Gasteiger partial charge in [0.25, 0.3) is 0 Å². The molecule has 0 saturated carbocycles. The summed E-state index contributed by atoms with van der Waals surface area (Å²) in [5, 5.41) is 2.76. The number of nitrogens with one attached hydrogen (secondary N) is 1. The Labute approximate surface area is 141 Å². The third-order valence-corrected chi connectivity index (χ3v) is 3.35. The van der Waals surface area contributed by atoms with Crippen LogP contribution in [-0.4, -0.2) is 37.1 Å². The van der Waals surface area contributed by atoms with E-state index in [1.54, 1.807) is 45.0 Å². The summed E-state index contributed by atoms with van der Waals surface area (Å²) < 4.78 is 30.3. The molecule has 0 aromatic heterocycles. The summed E-state index contributed by atoms with van der Waals surface area (Å²) in [5.74, 6) is -0.267. The normalized spacial score (nSPS) is 17.8. The second kappa shape index (κ2) is 7.66. The lowest BCUT2D eigenvalue weighted by molar-refractivity contribution is 0.0494. The number of rotatable bonds is 7. The molecule has 0 aliphatic carbocycles. The molecule has 132 valence electrons. The van der Waals surface area contributed by atoms with E-state index >= 15 is 0 Å². The highest BCUT2D eigenvalue weighted by Crippen LogP contribution is 2.25. The predicted molar refractivity (Wildman–Crippen MR) is 88.7 cm³/mol. The Morgan fingerprint density at radius 2 is 2.25 bits per heavy atom. The summed E-state index contributed by atoms with van der Waals surface area (Å²) in [6.45, 7) is 9.67. The van der Waals surface area contributed by atoms with Crippen LogP contribution >= 0.6 is 0 Å². The smallest absolute Gasteiger partial charge is 0.407 e. The summed E-state index contributed by atoms with van der Waals surface area (Å²) in [4.78, 5) is 12.0. The van der Waals surface area contributed by atoms with Crippen molar-refractivity contribution in [2.75, 3.05) is 13.2 Å². The van der Waals surface area contributed by atoms with Crippen LogP contribution in [0, 0.1) is 5.82 Å². The van der Waals surface area contributed by atoms with E-state index in [9.17, 15) is 9.18 Å². The average Bonchev–Trinajstić information content (AvgIpc) is 3.30. The van der Waals surface area contributed by atoms with Crippen molar-refractivity contribution in [1.82, 2.24) is 5.32 Å². The minimum Gasteiger partial charge on any atom is -0.486 e. The Bertz CT molecular complexity index is 593. The van der Waals surface area contributed by atoms with Crippen molar-refractivity contribution >= 4 is 6.09 Å².